The summed E-state index contributed by atoms with van der Waals surface area (Å²) in [5.74, 6) is 0. The maximum Gasteiger partial charge on any atom is 0.333 e. The van der Waals surface area contributed by atoms with Crippen LogP contribution in [0.5, 0.6) is 0 Å². The number of anilines is 1. The number of amides is 2. The van der Waals surface area contributed by atoms with Crippen molar-refractivity contribution in [2.75, 3.05) is 5.32 Å². The molecule has 2 amide bonds. The third-order valence-electron chi connectivity index (χ3n) is 3.39. The normalized spacial score (nSPS) is 12.7. The van der Waals surface area contributed by atoms with E-state index in [9.17, 15) is 13.2 Å². The molecule has 5 nitrogen and oxygen atoms in total. The maximum absolute atomic E-state index is 12.3. The first-order valence-corrected chi connectivity index (χ1v) is 9.10. The SMILES string of the molecule is O=C(Nc1ccc(Br)cc1)NS(=O)(=O)c1ccc2c(c1)C=CC2. The summed E-state index contributed by atoms with van der Waals surface area (Å²) in [6.45, 7) is 0. The monoisotopic (exact) mass is 392 g/mol. The average Bonchev–Trinajstić information content (AvgIpc) is 2.96. The fourth-order valence-corrected chi connectivity index (χ4v) is 3.47. The highest BCUT2D eigenvalue weighted by Crippen LogP contribution is 2.23. The van der Waals surface area contributed by atoms with Gasteiger partial charge in [0.05, 0.1) is 4.90 Å². The van der Waals surface area contributed by atoms with E-state index in [4.69, 9.17) is 0 Å². The second-order valence-corrected chi connectivity index (χ2v) is 7.63. The van der Waals surface area contributed by atoms with Crippen molar-refractivity contribution in [1.82, 2.24) is 4.72 Å². The fraction of sp³-hybridized carbons (Fsp3) is 0.0625. The van der Waals surface area contributed by atoms with Gasteiger partial charge in [-0.2, -0.15) is 0 Å². The Kier molecular flexibility index (Phi) is 4.23. The first kappa shape index (κ1) is 15.8. The predicted octanol–water partition coefficient (Wildman–Crippen LogP) is 3.53. The number of nitrogens with one attached hydrogen (secondary N) is 2. The number of hydrogen-bond acceptors (Lipinski definition) is 3. The molecular formula is C16H13BrN2O3S. The van der Waals surface area contributed by atoms with E-state index < -0.39 is 16.1 Å². The maximum atomic E-state index is 12.3. The lowest BCUT2D eigenvalue weighted by atomic mass is 10.1. The number of rotatable bonds is 3. The molecule has 0 saturated carbocycles. The molecule has 0 fully saturated rings. The fourth-order valence-electron chi connectivity index (χ4n) is 2.26. The van der Waals surface area contributed by atoms with Crippen LogP contribution in [0.25, 0.3) is 6.08 Å². The van der Waals surface area contributed by atoms with Crippen molar-refractivity contribution in [3.63, 3.8) is 0 Å². The van der Waals surface area contributed by atoms with Gasteiger partial charge in [0.15, 0.2) is 0 Å². The van der Waals surface area contributed by atoms with Gasteiger partial charge >= 0.3 is 6.03 Å². The molecule has 118 valence electrons. The number of fused-ring (bicyclic) bond motifs is 1. The lowest BCUT2D eigenvalue weighted by molar-refractivity contribution is 0.256. The molecule has 3 rings (SSSR count). The zero-order chi connectivity index (χ0) is 16.4. The summed E-state index contributed by atoms with van der Waals surface area (Å²) in [6.07, 6.45) is 4.64. The lowest BCUT2D eigenvalue weighted by Crippen LogP contribution is -2.34. The van der Waals surface area contributed by atoms with Crippen LogP contribution in [0.1, 0.15) is 11.1 Å². The molecule has 1 aliphatic rings. The Morgan fingerprint density at radius 1 is 1.09 bits per heavy atom. The molecule has 0 atom stereocenters. The number of sulfonamides is 1. The van der Waals surface area contributed by atoms with E-state index >= 15 is 0 Å². The zero-order valence-corrected chi connectivity index (χ0v) is 14.3. The van der Waals surface area contributed by atoms with E-state index in [0.29, 0.717) is 5.69 Å². The molecule has 0 heterocycles. The molecule has 2 aromatic rings. The van der Waals surface area contributed by atoms with E-state index in [0.717, 1.165) is 22.0 Å². The van der Waals surface area contributed by atoms with Crippen molar-refractivity contribution in [1.29, 1.82) is 0 Å². The standard InChI is InChI=1S/C16H13BrN2O3S/c17-13-5-7-14(8-6-13)18-16(20)19-23(21,22)15-9-4-11-2-1-3-12(11)10-15/h1,3-10H,2H2,(H2,18,19,20). The molecule has 2 aromatic carbocycles. The van der Waals surface area contributed by atoms with Crippen LogP contribution >= 0.6 is 15.9 Å². The summed E-state index contributed by atoms with van der Waals surface area (Å²) < 4.78 is 27.4. The number of carbonyl (C=O) groups is 1. The molecule has 0 saturated heterocycles. The second kappa shape index (κ2) is 6.17. The minimum absolute atomic E-state index is 0.0637. The summed E-state index contributed by atoms with van der Waals surface area (Å²) >= 11 is 3.29. The Labute approximate surface area is 142 Å². The molecule has 0 aliphatic heterocycles. The number of benzene rings is 2. The number of allylic oxidation sites excluding steroid dienone is 1. The van der Waals surface area contributed by atoms with Gasteiger partial charge in [-0.3, -0.25) is 0 Å². The average molecular weight is 393 g/mol. The first-order chi connectivity index (χ1) is 10.9. The molecule has 7 heteroatoms. The van der Waals surface area contributed by atoms with E-state index in [1.807, 2.05) is 16.9 Å². The van der Waals surface area contributed by atoms with Gasteiger partial charge in [-0.25, -0.2) is 17.9 Å². The lowest BCUT2D eigenvalue weighted by Gasteiger charge is -2.10. The van der Waals surface area contributed by atoms with Crippen molar-refractivity contribution < 1.29 is 13.2 Å². The molecule has 0 aromatic heterocycles. The topological polar surface area (TPSA) is 75.3 Å². The number of carbonyl (C=O) groups excluding carboxylic acids is 1. The molecule has 2 N–H and O–H groups in total. The Bertz CT molecular complexity index is 890. The van der Waals surface area contributed by atoms with Gasteiger partial charge in [0, 0.05) is 10.2 Å². The summed E-state index contributed by atoms with van der Waals surface area (Å²) in [7, 11) is -3.91. The predicted molar refractivity (Wildman–Crippen MR) is 92.7 cm³/mol. The van der Waals surface area contributed by atoms with Gasteiger partial charge in [0.1, 0.15) is 0 Å². The first-order valence-electron chi connectivity index (χ1n) is 6.83. The molecule has 0 bridgehead atoms. The van der Waals surface area contributed by atoms with Gasteiger partial charge in [-0.05, 0) is 53.9 Å². The zero-order valence-electron chi connectivity index (χ0n) is 11.9. The van der Waals surface area contributed by atoms with Crippen molar-refractivity contribution in [2.45, 2.75) is 11.3 Å². The summed E-state index contributed by atoms with van der Waals surface area (Å²) in [6, 6.07) is 10.8. The van der Waals surface area contributed by atoms with Crippen molar-refractivity contribution >= 4 is 43.7 Å². The van der Waals surface area contributed by atoms with E-state index in [2.05, 4.69) is 21.2 Å². The Hall–Kier alpha value is -2.12. The van der Waals surface area contributed by atoms with Crippen molar-refractivity contribution in [3.05, 3.63) is 64.1 Å². The smallest absolute Gasteiger partial charge is 0.307 e. The highest BCUT2D eigenvalue weighted by atomic mass is 79.9. The van der Waals surface area contributed by atoms with Crippen LogP contribution in [0, 0.1) is 0 Å². The van der Waals surface area contributed by atoms with E-state index in [1.54, 1.807) is 36.4 Å². The Balaban J connectivity index is 1.74. The van der Waals surface area contributed by atoms with E-state index in [-0.39, 0.29) is 4.90 Å². The van der Waals surface area contributed by atoms with Gasteiger partial charge < -0.3 is 5.32 Å². The molecule has 1 aliphatic carbocycles. The number of urea groups is 1. The highest BCUT2D eigenvalue weighted by Gasteiger charge is 2.19. The third kappa shape index (κ3) is 3.62. The summed E-state index contributed by atoms with van der Waals surface area (Å²) in [4.78, 5) is 12.0. The molecule has 0 unspecified atom stereocenters. The number of halogens is 1. The quantitative estimate of drug-likeness (QED) is 0.838. The van der Waals surface area contributed by atoms with Gasteiger partial charge in [-0.15, -0.1) is 0 Å². The minimum atomic E-state index is -3.91. The summed E-state index contributed by atoms with van der Waals surface area (Å²) in [5.41, 5.74) is 2.43. The van der Waals surface area contributed by atoms with Crippen LogP contribution in [0.2, 0.25) is 0 Å². The Morgan fingerprint density at radius 3 is 2.57 bits per heavy atom. The summed E-state index contributed by atoms with van der Waals surface area (Å²) in [5, 5.41) is 2.48. The molecular weight excluding hydrogens is 380 g/mol. The van der Waals surface area contributed by atoms with Crippen LogP contribution in [0.15, 0.2) is 57.9 Å². The van der Waals surface area contributed by atoms with Crippen LogP contribution in [-0.4, -0.2) is 14.4 Å². The molecule has 0 radical (unpaired) electrons. The van der Waals surface area contributed by atoms with Crippen LogP contribution < -0.4 is 10.0 Å². The van der Waals surface area contributed by atoms with Crippen LogP contribution in [0.4, 0.5) is 10.5 Å². The van der Waals surface area contributed by atoms with Gasteiger partial charge in [-0.1, -0.05) is 34.1 Å². The van der Waals surface area contributed by atoms with Crippen LogP contribution in [0.3, 0.4) is 0 Å². The minimum Gasteiger partial charge on any atom is -0.307 e. The van der Waals surface area contributed by atoms with Crippen molar-refractivity contribution in [2.24, 2.45) is 0 Å². The second-order valence-electron chi connectivity index (χ2n) is 5.03. The number of hydrogen-bond donors (Lipinski definition) is 2. The van der Waals surface area contributed by atoms with E-state index in [1.165, 1.54) is 6.07 Å². The Morgan fingerprint density at radius 2 is 1.83 bits per heavy atom. The highest BCUT2D eigenvalue weighted by molar-refractivity contribution is 9.10. The van der Waals surface area contributed by atoms with Crippen LogP contribution in [-0.2, 0) is 16.4 Å². The van der Waals surface area contributed by atoms with Crippen molar-refractivity contribution in [3.8, 4) is 0 Å². The van der Waals surface area contributed by atoms with Gasteiger partial charge in [0.2, 0.25) is 0 Å². The third-order valence-corrected chi connectivity index (χ3v) is 5.25. The molecule has 0 spiro atoms. The van der Waals surface area contributed by atoms with Gasteiger partial charge in [0.25, 0.3) is 10.0 Å². The largest absolute Gasteiger partial charge is 0.333 e. The molecule has 23 heavy (non-hydrogen) atoms.